The molecule has 33 heavy (non-hydrogen) atoms. The average molecular weight is 446 g/mol. The molecule has 0 spiro atoms. The van der Waals surface area contributed by atoms with Crippen molar-refractivity contribution in [2.24, 2.45) is 0 Å². The van der Waals surface area contributed by atoms with Gasteiger partial charge < -0.3 is 25.7 Å². The van der Waals surface area contributed by atoms with Crippen molar-refractivity contribution in [1.29, 1.82) is 0 Å². The Morgan fingerprint density at radius 2 is 2.21 bits per heavy atom. The van der Waals surface area contributed by atoms with Gasteiger partial charge in [0, 0.05) is 30.9 Å². The Hall–Kier alpha value is -3.50. The summed E-state index contributed by atoms with van der Waals surface area (Å²) in [5, 5.41) is 3.67. The van der Waals surface area contributed by atoms with E-state index in [1.54, 1.807) is 6.07 Å². The van der Waals surface area contributed by atoms with E-state index >= 15 is 0 Å². The van der Waals surface area contributed by atoms with Gasteiger partial charge in [-0.1, -0.05) is 18.1 Å². The van der Waals surface area contributed by atoms with Crippen LogP contribution in [0.3, 0.4) is 0 Å². The number of H-pyrrole nitrogens is 1. The van der Waals surface area contributed by atoms with Gasteiger partial charge in [0.1, 0.15) is 12.4 Å². The Morgan fingerprint density at radius 3 is 3.03 bits per heavy atom. The molecule has 1 saturated carbocycles. The third-order valence-corrected chi connectivity index (χ3v) is 6.21. The minimum atomic E-state index is -0.0590. The number of aromatic nitrogens is 2. The normalized spacial score (nSPS) is 18.1. The zero-order chi connectivity index (χ0) is 23.2. The molecule has 1 aliphatic rings. The van der Waals surface area contributed by atoms with Gasteiger partial charge in [-0.15, -0.1) is 6.42 Å². The Balaban J connectivity index is 1.39. The van der Waals surface area contributed by atoms with Crippen LogP contribution in [-0.4, -0.2) is 46.0 Å². The van der Waals surface area contributed by atoms with Crippen LogP contribution in [0.25, 0.3) is 11.0 Å². The summed E-state index contributed by atoms with van der Waals surface area (Å²) in [5.74, 6) is 3.58. The van der Waals surface area contributed by atoms with E-state index < -0.39 is 0 Å². The van der Waals surface area contributed by atoms with Gasteiger partial charge in [-0.3, -0.25) is 4.79 Å². The maximum absolute atomic E-state index is 13.3. The third-order valence-electron chi connectivity index (χ3n) is 6.21. The molecular weight excluding hydrogens is 414 g/mol. The lowest BCUT2D eigenvalue weighted by atomic mass is 9.89. The lowest BCUT2D eigenvalue weighted by molar-refractivity contribution is 0.0617. The number of hydrogen-bond acceptors (Lipinski definition) is 5. The maximum Gasteiger partial charge on any atom is 0.289 e. The van der Waals surface area contributed by atoms with Gasteiger partial charge in [-0.25, -0.2) is 4.98 Å². The molecule has 0 saturated heterocycles. The van der Waals surface area contributed by atoms with Crippen molar-refractivity contribution in [3.05, 3.63) is 53.9 Å². The van der Waals surface area contributed by atoms with Crippen LogP contribution in [0.1, 0.15) is 48.8 Å². The maximum atomic E-state index is 13.3. The number of amides is 1. The monoisotopic (exact) mass is 445 g/mol. The number of carbonyl (C=O) groups excluding carboxylic acids is 1. The number of carbonyl (C=O) groups is 1. The minimum absolute atomic E-state index is 0.0590. The largest absolute Gasteiger partial charge is 0.481 e. The quantitative estimate of drug-likeness (QED) is 0.363. The number of nitrogen functional groups attached to an aromatic ring is 1. The Kier molecular flexibility index (Phi) is 7.16. The summed E-state index contributed by atoms with van der Waals surface area (Å²) in [6.45, 7) is 3.68. The van der Waals surface area contributed by atoms with Crippen LogP contribution in [0.2, 0.25) is 0 Å². The summed E-state index contributed by atoms with van der Waals surface area (Å²) >= 11 is 0. The fourth-order valence-electron chi connectivity index (χ4n) is 4.60. The van der Waals surface area contributed by atoms with E-state index in [0.717, 1.165) is 54.6 Å². The van der Waals surface area contributed by atoms with E-state index in [-0.39, 0.29) is 18.6 Å². The zero-order valence-corrected chi connectivity index (χ0v) is 19.0. The number of imidazole rings is 1. The van der Waals surface area contributed by atoms with Crippen molar-refractivity contribution < 1.29 is 9.53 Å². The number of anilines is 1. The topological polar surface area (TPSA) is 96.3 Å². The Labute approximate surface area is 194 Å². The van der Waals surface area contributed by atoms with Gasteiger partial charge >= 0.3 is 0 Å². The van der Waals surface area contributed by atoms with Gasteiger partial charge in [0.15, 0.2) is 5.82 Å². The number of rotatable bonds is 8. The number of ether oxygens (including phenoxy) is 1. The lowest BCUT2D eigenvalue weighted by Crippen LogP contribution is -2.47. The predicted octanol–water partition coefficient (Wildman–Crippen LogP) is 3.72. The number of terminal acetylenes is 1. The molecule has 3 aromatic rings. The second kappa shape index (κ2) is 10.4. The van der Waals surface area contributed by atoms with Crippen molar-refractivity contribution in [2.45, 2.75) is 51.2 Å². The summed E-state index contributed by atoms with van der Waals surface area (Å²) in [5.41, 5.74) is 9.19. The van der Waals surface area contributed by atoms with Crippen LogP contribution >= 0.6 is 0 Å². The number of aromatic amines is 1. The van der Waals surface area contributed by atoms with Crippen molar-refractivity contribution in [3.8, 4) is 18.1 Å². The summed E-state index contributed by atoms with van der Waals surface area (Å²) in [4.78, 5) is 22.9. The molecule has 0 bridgehead atoms. The first-order valence-electron chi connectivity index (χ1n) is 11.5. The highest BCUT2D eigenvalue weighted by atomic mass is 16.5. The number of hydrogen-bond donors (Lipinski definition) is 3. The summed E-state index contributed by atoms with van der Waals surface area (Å²) in [6, 6.07) is 13.9. The van der Waals surface area contributed by atoms with Crippen LogP contribution in [0.5, 0.6) is 5.75 Å². The van der Waals surface area contributed by atoms with Crippen LogP contribution in [0.4, 0.5) is 5.69 Å². The van der Waals surface area contributed by atoms with Gasteiger partial charge in [-0.2, -0.15) is 0 Å². The number of fused-ring (bicyclic) bond motifs is 1. The number of nitrogens with one attached hydrogen (secondary N) is 2. The highest BCUT2D eigenvalue weighted by Gasteiger charge is 2.30. The van der Waals surface area contributed by atoms with E-state index in [0.29, 0.717) is 24.1 Å². The molecule has 1 aromatic heterocycles. The fourth-order valence-corrected chi connectivity index (χ4v) is 4.60. The SMILES string of the molecule is C#CCOc1cccc(CN[C@@H]2CCC[C@H](N(CC)C(=O)c3nc4ccc(N)cc4[nH]3)C2)c1. The van der Waals surface area contributed by atoms with Gasteiger partial charge in [0.2, 0.25) is 0 Å². The molecule has 2 atom stereocenters. The molecule has 172 valence electrons. The second-order valence-electron chi connectivity index (χ2n) is 8.49. The molecule has 1 amide bonds. The van der Waals surface area contributed by atoms with Crippen LogP contribution in [0, 0.1) is 12.3 Å². The summed E-state index contributed by atoms with van der Waals surface area (Å²) in [7, 11) is 0. The highest BCUT2D eigenvalue weighted by molar-refractivity contribution is 5.94. The number of nitrogens with two attached hydrogens (primary N) is 1. The van der Waals surface area contributed by atoms with Crippen LogP contribution < -0.4 is 15.8 Å². The molecule has 7 nitrogen and oxygen atoms in total. The molecule has 4 rings (SSSR count). The number of benzene rings is 2. The van der Waals surface area contributed by atoms with Crippen molar-refractivity contribution >= 4 is 22.6 Å². The van der Waals surface area contributed by atoms with Gasteiger partial charge in [0.05, 0.1) is 11.0 Å². The smallest absolute Gasteiger partial charge is 0.289 e. The van der Waals surface area contributed by atoms with E-state index in [2.05, 4.69) is 27.3 Å². The second-order valence-corrected chi connectivity index (χ2v) is 8.49. The van der Waals surface area contributed by atoms with E-state index in [4.69, 9.17) is 16.9 Å². The summed E-state index contributed by atoms with van der Waals surface area (Å²) in [6.07, 6.45) is 9.37. The molecule has 1 heterocycles. The molecular formula is C26H31N5O2. The molecule has 0 aliphatic heterocycles. The van der Waals surface area contributed by atoms with Gasteiger partial charge in [-0.05, 0) is 68.5 Å². The minimum Gasteiger partial charge on any atom is -0.481 e. The average Bonchev–Trinajstić information content (AvgIpc) is 3.26. The van der Waals surface area contributed by atoms with Crippen molar-refractivity contribution in [1.82, 2.24) is 20.2 Å². The third kappa shape index (κ3) is 5.47. The van der Waals surface area contributed by atoms with Crippen molar-refractivity contribution in [3.63, 3.8) is 0 Å². The van der Waals surface area contributed by atoms with Gasteiger partial charge in [0.25, 0.3) is 5.91 Å². The first-order valence-corrected chi connectivity index (χ1v) is 11.5. The molecule has 2 aromatic carbocycles. The highest BCUT2D eigenvalue weighted by Crippen LogP contribution is 2.25. The lowest BCUT2D eigenvalue weighted by Gasteiger charge is -2.37. The zero-order valence-electron chi connectivity index (χ0n) is 19.0. The Bertz CT molecular complexity index is 1150. The fraction of sp³-hybridized carbons (Fsp3) is 0.385. The molecule has 7 heteroatoms. The van der Waals surface area contributed by atoms with E-state index in [1.165, 1.54) is 0 Å². The number of nitrogens with zero attached hydrogens (tertiary/aromatic N) is 2. The molecule has 1 aliphatic carbocycles. The predicted molar refractivity (Wildman–Crippen MR) is 131 cm³/mol. The first-order chi connectivity index (χ1) is 16.1. The van der Waals surface area contributed by atoms with E-state index in [1.807, 2.05) is 42.2 Å². The van der Waals surface area contributed by atoms with E-state index in [9.17, 15) is 4.79 Å². The standard InChI is InChI=1S/C26H31N5O2/c1-3-13-33-22-10-5-7-18(14-22)17-28-20-8-6-9-21(16-20)31(4-2)26(32)25-29-23-12-11-19(27)15-24(23)30-25/h1,5,7,10-12,14-15,20-21,28H,4,6,8-9,13,16-17,27H2,2H3,(H,29,30)/t20-,21+/m1/s1. The van der Waals surface area contributed by atoms with Crippen LogP contribution in [0.15, 0.2) is 42.5 Å². The molecule has 1 fully saturated rings. The summed E-state index contributed by atoms with van der Waals surface area (Å²) < 4.78 is 5.52. The molecule has 0 radical (unpaired) electrons. The molecule has 4 N–H and O–H groups in total. The Morgan fingerprint density at radius 1 is 1.33 bits per heavy atom. The van der Waals surface area contributed by atoms with Crippen molar-refractivity contribution in [2.75, 3.05) is 18.9 Å². The van der Waals surface area contributed by atoms with Crippen LogP contribution in [-0.2, 0) is 6.54 Å². The molecule has 0 unspecified atom stereocenters. The first kappa shape index (κ1) is 22.7.